The highest BCUT2D eigenvalue weighted by Crippen LogP contribution is 2.29. The van der Waals surface area contributed by atoms with Crippen molar-refractivity contribution in [3.8, 4) is 0 Å². The number of aryl methyl sites for hydroxylation is 1. The van der Waals surface area contributed by atoms with Crippen LogP contribution in [0.1, 0.15) is 30.1 Å². The number of nitrogens with zero attached hydrogens (tertiary/aromatic N) is 3. The summed E-state index contributed by atoms with van der Waals surface area (Å²) in [5, 5.41) is 2.75. The van der Waals surface area contributed by atoms with E-state index in [1.807, 2.05) is 0 Å². The second kappa shape index (κ2) is 6.90. The van der Waals surface area contributed by atoms with Crippen molar-refractivity contribution >= 4 is 11.8 Å². The van der Waals surface area contributed by atoms with Crippen LogP contribution >= 0.6 is 0 Å². The maximum Gasteiger partial charge on any atom is 0.323 e. The zero-order valence-electron chi connectivity index (χ0n) is 13.3. The lowest BCUT2D eigenvalue weighted by Gasteiger charge is -2.32. The van der Waals surface area contributed by atoms with Crippen LogP contribution in [-0.2, 0) is 0 Å². The molecule has 126 valence electrons. The highest BCUT2D eigenvalue weighted by molar-refractivity contribution is 5.88. The molecule has 1 aromatic carbocycles. The first kappa shape index (κ1) is 16.3. The van der Waals surface area contributed by atoms with Crippen molar-refractivity contribution < 1.29 is 13.6 Å². The molecule has 1 saturated heterocycles. The Hall–Kier alpha value is -2.57. The van der Waals surface area contributed by atoms with E-state index in [2.05, 4.69) is 15.3 Å². The molecule has 2 amide bonds. The number of rotatable bonds is 2. The van der Waals surface area contributed by atoms with Crippen molar-refractivity contribution in [3.05, 3.63) is 53.5 Å². The van der Waals surface area contributed by atoms with Gasteiger partial charge in [0.15, 0.2) is 11.6 Å². The average molecular weight is 332 g/mol. The SMILES string of the molecule is Cc1nccc(NC(=O)N2CCC(c3ccc(F)c(F)c3)CC2)n1. The van der Waals surface area contributed by atoms with Crippen LogP contribution in [0, 0.1) is 18.6 Å². The number of hydrogen-bond donors (Lipinski definition) is 1. The minimum atomic E-state index is -0.837. The zero-order valence-corrected chi connectivity index (χ0v) is 13.3. The molecule has 0 atom stereocenters. The topological polar surface area (TPSA) is 58.1 Å². The molecule has 2 heterocycles. The third-order valence-electron chi connectivity index (χ3n) is 4.21. The first-order chi connectivity index (χ1) is 11.5. The van der Waals surface area contributed by atoms with Gasteiger partial charge in [0.05, 0.1) is 0 Å². The van der Waals surface area contributed by atoms with Gasteiger partial charge in [-0.15, -0.1) is 0 Å². The molecule has 1 N–H and O–H groups in total. The molecule has 0 radical (unpaired) electrons. The third-order valence-corrected chi connectivity index (χ3v) is 4.21. The summed E-state index contributed by atoms with van der Waals surface area (Å²) >= 11 is 0. The van der Waals surface area contributed by atoms with Crippen molar-refractivity contribution in [1.82, 2.24) is 14.9 Å². The van der Waals surface area contributed by atoms with Crippen molar-refractivity contribution in [3.63, 3.8) is 0 Å². The van der Waals surface area contributed by atoms with Crippen LogP contribution in [0.3, 0.4) is 0 Å². The van der Waals surface area contributed by atoms with E-state index in [9.17, 15) is 13.6 Å². The van der Waals surface area contributed by atoms with Crippen molar-refractivity contribution in [2.24, 2.45) is 0 Å². The van der Waals surface area contributed by atoms with Gasteiger partial charge in [0.25, 0.3) is 0 Å². The Balaban J connectivity index is 1.58. The van der Waals surface area contributed by atoms with Crippen LogP contribution in [-0.4, -0.2) is 34.0 Å². The summed E-state index contributed by atoms with van der Waals surface area (Å²) in [6, 6.07) is 5.44. The number of aromatic nitrogens is 2. The molecule has 0 unspecified atom stereocenters. The van der Waals surface area contributed by atoms with Gasteiger partial charge in [-0.2, -0.15) is 0 Å². The maximum atomic E-state index is 13.4. The molecule has 2 aromatic rings. The number of urea groups is 1. The van der Waals surface area contributed by atoms with Gasteiger partial charge < -0.3 is 4.90 Å². The summed E-state index contributed by atoms with van der Waals surface area (Å²) in [5.41, 5.74) is 0.778. The molecule has 3 rings (SSSR count). The molecule has 1 fully saturated rings. The fourth-order valence-corrected chi connectivity index (χ4v) is 2.90. The summed E-state index contributed by atoms with van der Waals surface area (Å²) in [7, 11) is 0. The number of amides is 2. The van der Waals surface area contributed by atoms with E-state index in [-0.39, 0.29) is 11.9 Å². The van der Waals surface area contributed by atoms with E-state index in [0.717, 1.165) is 11.6 Å². The summed E-state index contributed by atoms with van der Waals surface area (Å²) < 4.78 is 26.4. The van der Waals surface area contributed by atoms with Crippen LogP contribution in [0.2, 0.25) is 0 Å². The molecule has 1 aliphatic rings. The van der Waals surface area contributed by atoms with E-state index in [0.29, 0.717) is 37.6 Å². The van der Waals surface area contributed by atoms with Gasteiger partial charge >= 0.3 is 6.03 Å². The molecule has 7 heteroatoms. The van der Waals surface area contributed by atoms with Crippen LogP contribution < -0.4 is 5.32 Å². The van der Waals surface area contributed by atoms with E-state index < -0.39 is 11.6 Å². The minimum Gasteiger partial charge on any atom is -0.324 e. The maximum absolute atomic E-state index is 13.4. The first-order valence-corrected chi connectivity index (χ1v) is 7.83. The van der Waals surface area contributed by atoms with Crippen molar-refractivity contribution in [1.29, 1.82) is 0 Å². The number of hydrogen-bond acceptors (Lipinski definition) is 3. The number of anilines is 1. The smallest absolute Gasteiger partial charge is 0.323 e. The monoisotopic (exact) mass is 332 g/mol. The molecular weight excluding hydrogens is 314 g/mol. The normalized spacial score (nSPS) is 15.4. The number of likely N-dealkylation sites (tertiary alicyclic amines) is 1. The summed E-state index contributed by atoms with van der Waals surface area (Å²) in [4.78, 5) is 22.1. The third kappa shape index (κ3) is 3.67. The Morgan fingerprint density at radius 1 is 1.21 bits per heavy atom. The molecule has 0 bridgehead atoms. The number of carbonyl (C=O) groups excluding carboxylic acids is 1. The summed E-state index contributed by atoms with van der Waals surface area (Å²) in [5.74, 6) is -0.479. The van der Waals surface area contributed by atoms with Gasteiger partial charge in [0, 0.05) is 19.3 Å². The number of halogens is 2. The molecule has 1 aromatic heterocycles. The number of nitrogens with one attached hydrogen (secondary N) is 1. The van der Waals surface area contributed by atoms with Gasteiger partial charge in [-0.05, 0) is 49.4 Å². The summed E-state index contributed by atoms with van der Waals surface area (Å²) in [6.07, 6.45) is 3.01. The fourth-order valence-electron chi connectivity index (χ4n) is 2.90. The van der Waals surface area contributed by atoms with Gasteiger partial charge in [-0.3, -0.25) is 5.32 Å². The van der Waals surface area contributed by atoms with Gasteiger partial charge in [-0.1, -0.05) is 6.07 Å². The molecular formula is C17H18F2N4O. The first-order valence-electron chi connectivity index (χ1n) is 7.83. The standard InChI is InChI=1S/C17H18F2N4O/c1-11-20-7-4-16(21-11)22-17(24)23-8-5-12(6-9-23)13-2-3-14(18)15(19)10-13/h2-4,7,10,12H,5-6,8-9H2,1H3,(H,20,21,22,24). The minimum absolute atomic E-state index is 0.130. The quantitative estimate of drug-likeness (QED) is 0.916. The largest absolute Gasteiger partial charge is 0.324 e. The van der Waals surface area contributed by atoms with E-state index in [4.69, 9.17) is 0 Å². The second-order valence-electron chi connectivity index (χ2n) is 5.85. The zero-order chi connectivity index (χ0) is 17.1. The van der Waals surface area contributed by atoms with Gasteiger partial charge in [0.2, 0.25) is 0 Å². The molecule has 5 nitrogen and oxygen atoms in total. The molecule has 24 heavy (non-hydrogen) atoms. The van der Waals surface area contributed by atoms with Crippen LogP contribution in [0.15, 0.2) is 30.5 Å². The Morgan fingerprint density at radius 2 is 1.96 bits per heavy atom. The van der Waals surface area contributed by atoms with E-state index in [1.165, 1.54) is 6.07 Å². The predicted molar refractivity (Wildman–Crippen MR) is 85.7 cm³/mol. The molecule has 0 spiro atoms. The second-order valence-corrected chi connectivity index (χ2v) is 5.85. The van der Waals surface area contributed by atoms with Crippen LogP contribution in [0.4, 0.5) is 19.4 Å². The number of piperidine rings is 1. The van der Waals surface area contributed by atoms with Crippen molar-refractivity contribution in [2.45, 2.75) is 25.7 Å². The fraction of sp³-hybridized carbons (Fsp3) is 0.353. The van der Waals surface area contributed by atoms with Crippen LogP contribution in [0.25, 0.3) is 0 Å². The Morgan fingerprint density at radius 3 is 2.62 bits per heavy atom. The highest BCUT2D eigenvalue weighted by Gasteiger charge is 2.24. The van der Waals surface area contributed by atoms with E-state index >= 15 is 0 Å². The Kier molecular flexibility index (Phi) is 4.69. The average Bonchev–Trinajstić information content (AvgIpc) is 2.57. The molecule has 0 aliphatic carbocycles. The van der Waals surface area contributed by atoms with Crippen LogP contribution in [0.5, 0.6) is 0 Å². The lowest BCUT2D eigenvalue weighted by molar-refractivity contribution is 0.194. The Bertz CT molecular complexity index is 745. The Labute approximate surface area is 138 Å². The number of benzene rings is 1. The highest BCUT2D eigenvalue weighted by atomic mass is 19.2. The lowest BCUT2D eigenvalue weighted by Crippen LogP contribution is -2.40. The van der Waals surface area contributed by atoms with Gasteiger partial charge in [0.1, 0.15) is 11.6 Å². The van der Waals surface area contributed by atoms with E-state index in [1.54, 1.807) is 30.2 Å². The summed E-state index contributed by atoms with van der Waals surface area (Å²) in [6.45, 7) is 2.86. The predicted octanol–water partition coefficient (Wildman–Crippen LogP) is 3.47. The lowest BCUT2D eigenvalue weighted by atomic mass is 9.89. The van der Waals surface area contributed by atoms with Gasteiger partial charge in [-0.25, -0.2) is 23.5 Å². The molecule has 0 saturated carbocycles. The number of carbonyl (C=O) groups is 1. The molecule has 1 aliphatic heterocycles. The van der Waals surface area contributed by atoms with Crippen molar-refractivity contribution in [2.75, 3.05) is 18.4 Å².